The Kier molecular flexibility index (Phi) is 3.41. The molecule has 0 amide bonds. The Morgan fingerprint density at radius 2 is 1.64 bits per heavy atom. The third-order valence-corrected chi connectivity index (χ3v) is 4.69. The molecule has 0 saturated heterocycles. The maximum Gasteiger partial charge on any atom is 0.0755 e. The summed E-state index contributed by atoms with van der Waals surface area (Å²) in [6.07, 6.45) is 4.51. The summed E-state index contributed by atoms with van der Waals surface area (Å²) < 4.78 is 0. The van der Waals surface area contributed by atoms with Gasteiger partial charge in [-0.2, -0.15) is 0 Å². The van der Waals surface area contributed by atoms with Gasteiger partial charge in [-0.1, -0.05) is 36.4 Å². The number of benzene rings is 1. The van der Waals surface area contributed by atoms with Crippen LogP contribution in [0.3, 0.4) is 0 Å². The molecule has 3 aromatic rings. The molecule has 0 spiro atoms. The number of thiophene rings is 1. The molecule has 0 saturated carbocycles. The molecular formula is C19H14N2S. The second kappa shape index (κ2) is 5.70. The lowest BCUT2D eigenvalue weighted by molar-refractivity contribution is 1.31. The van der Waals surface area contributed by atoms with Gasteiger partial charge in [-0.25, -0.2) is 0 Å². The van der Waals surface area contributed by atoms with Crippen LogP contribution in [0.1, 0.15) is 22.4 Å². The monoisotopic (exact) mass is 302 g/mol. The fourth-order valence-electron chi connectivity index (χ4n) is 2.69. The van der Waals surface area contributed by atoms with Crippen LogP contribution in [0.2, 0.25) is 0 Å². The minimum atomic E-state index is 0.870. The van der Waals surface area contributed by atoms with Crippen LogP contribution < -0.4 is 0 Å². The van der Waals surface area contributed by atoms with Crippen molar-refractivity contribution in [2.45, 2.75) is 6.42 Å². The third kappa shape index (κ3) is 2.40. The van der Waals surface area contributed by atoms with Gasteiger partial charge in [-0.05, 0) is 29.1 Å². The minimum Gasteiger partial charge on any atom is -0.265 e. The van der Waals surface area contributed by atoms with Gasteiger partial charge in [-0.3, -0.25) is 9.98 Å². The van der Waals surface area contributed by atoms with E-state index in [1.165, 1.54) is 16.0 Å². The van der Waals surface area contributed by atoms with Crippen LogP contribution in [0, 0.1) is 0 Å². The molecule has 2 nitrogen and oxygen atoms in total. The Morgan fingerprint density at radius 1 is 0.818 bits per heavy atom. The molecule has 4 rings (SSSR count). The third-order valence-electron chi connectivity index (χ3n) is 3.76. The van der Waals surface area contributed by atoms with Crippen LogP contribution in [0.15, 0.2) is 77.4 Å². The summed E-state index contributed by atoms with van der Waals surface area (Å²) >= 11 is 1.77. The van der Waals surface area contributed by atoms with Crippen LogP contribution in [0.25, 0.3) is 11.3 Å². The van der Waals surface area contributed by atoms with E-state index in [-0.39, 0.29) is 0 Å². The number of nitrogens with zero attached hydrogens (tertiary/aromatic N) is 2. The number of hydrogen-bond donors (Lipinski definition) is 0. The highest BCUT2D eigenvalue weighted by Gasteiger charge is 2.22. The first-order chi connectivity index (χ1) is 10.9. The lowest BCUT2D eigenvalue weighted by Gasteiger charge is -2.03. The highest BCUT2D eigenvalue weighted by molar-refractivity contribution is 7.11. The van der Waals surface area contributed by atoms with Crippen molar-refractivity contribution < 1.29 is 0 Å². The van der Waals surface area contributed by atoms with Crippen molar-refractivity contribution in [2.75, 3.05) is 0 Å². The Hall–Kier alpha value is -2.52. The van der Waals surface area contributed by atoms with Crippen molar-refractivity contribution in [1.82, 2.24) is 4.98 Å². The number of aromatic nitrogens is 1. The van der Waals surface area contributed by atoms with Crippen LogP contribution in [0.5, 0.6) is 0 Å². The normalized spacial score (nSPS) is 14.3. The first kappa shape index (κ1) is 13.2. The lowest BCUT2D eigenvalue weighted by atomic mass is 10.0. The van der Waals surface area contributed by atoms with Crippen molar-refractivity contribution >= 4 is 28.3 Å². The Balaban J connectivity index is 1.82. The molecule has 1 aromatic carbocycles. The SMILES string of the molecule is c1ccc(C2=C(c3cccs3)CC(c3ccncc3)=N2)cc1. The number of hydrogen-bond acceptors (Lipinski definition) is 3. The van der Waals surface area contributed by atoms with Crippen LogP contribution in [-0.2, 0) is 0 Å². The number of pyridine rings is 1. The maximum absolute atomic E-state index is 4.94. The second-order valence-electron chi connectivity index (χ2n) is 5.14. The number of rotatable bonds is 3. The summed E-state index contributed by atoms with van der Waals surface area (Å²) in [6.45, 7) is 0. The summed E-state index contributed by atoms with van der Waals surface area (Å²) in [7, 11) is 0. The zero-order chi connectivity index (χ0) is 14.8. The molecule has 0 unspecified atom stereocenters. The molecule has 0 fully saturated rings. The van der Waals surface area contributed by atoms with Crippen LogP contribution in [0.4, 0.5) is 0 Å². The van der Waals surface area contributed by atoms with E-state index in [9.17, 15) is 0 Å². The molecule has 1 aliphatic rings. The van der Waals surface area contributed by atoms with E-state index >= 15 is 0 Å². The number of aliphatic imine (C=N–C) groups is 1. The van der Waals surface area contributed by atoms with Gasteiger partial charge < -0.3 is 0 Å². The molecule has 0 aliphatic carbocycles. The number of allylic oxidation sites excluding steroid dienone is 1. The Labute approximate surface area is 133 Å². The topological polar surface area (TPSA) is 25.2 Å². The average molecular weight is 302 g/mol. The first-order valence-electron chi connectivity index (χ1n) is 7.22. The van der Waals surface area contributed by atoms with Crippen molar-refractivity contribution in [1.29, 1.82) is 0 Å². The molecule has 3 heteroatoms. The Morgan fingerprint density at radius 3 is 2.36 bits per heavy atom. The van der Waals surface area contributed by atoms with E-state index in [1.54, 1.807) is 11.3 Å². The molecule has 3 heterocycles. The van der Waals surface area contributed by atoms with Gasteiger partial charge in [0.25, 0.3) is 0 Å². The fourth-order valence-corrected chi connectivity index (χ4v) is 3.46. The van der Waals surface area contributed by atoms with Crippen LogP contribution in [-0.4, -0.2) is 10.7 Å². The smallest absolute Gasteiger partial charge is 0.0755 e. The van der Waals surface area contributed by atoms with Crippen molar-refractivity contribution in [2.24, 2.45) is 4.99 Å². The van der Waals surface area contributed by atoms with E-state index < -0.39 is 0 Å². The summed E-state index contributed by atoms with van der Waals surface area (Å²) in [6, 6.07) is 18.7. The van der Waals surface area contributed by atoms with Gasteiger partial charge in [0, 0.05) is 34.8 Å². The van der Waals surface area contributed by atoms with Gasteiger partial charge in [-0.15, -0.1) is 11.3 Å². The second-order valence-corrected chi connectivity index (χ2v) is 6.09. The quantitative estimate of drug-likeness (QED) is 0.675. The molecule has 0 bridgehead atoms. The molecule has 0 radical (unpaired) electrons. The maximum atomic E-state index is 4.94. The van der Waals surface area contributed by atoms with Crippen molar-refractivity contribution in [3.63, 3.8) is 0 Å². The summed E-state index contributed by atoms with van der Waals surface area (Å²) in [5, 5.41) is 2.12. The molecular weight excluding hydrogens is 288 g/mol. The zero-order valence-corrected chi connectivity index (χ0v) is 12.8. The van der Waals surface area contributed by atoms with Crippen LogP contribution >= 0.6 is 11.3 Å². The summed E-state index contributed by atoms with van der Waals surface area (Å²) in [4.78, 5) is 10.3. The summed E-state index contributed by atoms with van der Waals surface area (Å²) in [5.74, 6) is 0. The minimum absolute atomic E-state index is 0.870. The van der Waals surface area contributed by atoms with E-state index in [0.29, 0.717) is 0 Å². The van der Waals surface area contributed by atoms with E-state index in [2.05, 4.69) is 46.8 Å². The summed E-state index contributed by atoms with van der Waals surface area (Å²) in [5.41, 5.74) is 5.84. The molecule has 106 valence electrons. The van der Waals surface area contributed by atoms with Gasteiger partial charge in [0.2, 0.25) is 0 Å². The van der Waals surface area contributed by atoms with Gasteiger partial charge >= 0.3 is 0 Å². The van der Waals surface area contributed by atoms with E-state index in [1.807, 2.05) is 30.6 Å². The average Bonchev–Trinajstić information content (AvgIpc) is 3.26. The first-order valence-corrected chi connectivity index (χ1v) is 8.10. The van der Waals surface area contributed by atoms with E-state index in [0.717, 1.165) is 23.4 Å². The highest BCUT2D eigenvalue weighted by Crippen LogP contribution is 2.38. The molecule has 2 aromatic heterocycles. The van der Waals surface area contributed by atoms with Gasteiger partial charge in [0.1, 0.15) is 0 Å². The van der Waals surface area contributed by atoms with E-state index in [4.69, 9.17) is 4.99 Å². The fraction of sp³-hybridized carbons (Fsp3) is 0.0526. The predicted octanol–water partition coefficient (Wildman–Crippen LogP) is 4.90. The van der Waals surface area contributed by atoms with Gasteiger partial charge in [0.05, 0.1) is 11.4 Å². The van der Waals surface area contributed by atoms with Crippen molar-refractivity contribution in [3.05, 3.63) is 88.4 Å². The molecule has 1 aliphatic heterocycles. The molecule has 22 heavy (non-hydrogen) atoms. The largest absolute Gasteiger partial charge is 0.265 e. The Bertz CT molecular complexity index is 832. The van der Waals surface area contributed by atoms with Crippen molar-refractivity contribution in [3.8, 4) is 0 Å². The predicted molar refractivity (Wildman–Crippen MR) is 93.0 cm³/mol. The zero-order valence-electron chi connectivity index (χ0n) is 11.9. The molecule has 0 N–H and O–H groups in total. The molecule has 0 atom stereocenters. The standard InChI is InChI=1S/C19H14N2S/c1-2-5-15(6-3-1)19-16(18-7-4-12-22-18)13-17(21-19)14-8-10-20-11-9-14/h1-12H,13H2. The lowest BCUT2D eigenvalue weighted by Crippen LogP contribution is -1.97. The van der Waals surface area contributed by atoms with Gasteiger partial charge in [0.15, 0.2) is 0 Å². The highest BCUT2D eigenvalue weighted by atomic mass is 32.1.